The summed E-state index contributed by atoms with van der Waals surface area (Å²) in [5, 5.41) is 17.5. The highest BCUT2D eigenvalue weighted by Gasteiger charge is 2.36. The van der Waals surface area contributed by atoms with E-state index in [9.17, 15) is 13.2 Å². The van der Waals surface area contributed by atoms with Crippen molar-refractivity contribution in [1.29, 1.82) is 10.5 Å². The van der Waals surface area contributed by atoms with Crippen molar-refractivity contribution in [2.24, 2.45) is 5.41 Å². The lowest BCUT2D eigenvalue weighted by molar-refractivity contribution is -0.138. The van der Waals surface area contributed by atoms with Crippen LogP contribution in [0.15, 0.2) is 12.7 Å². The molecule has 0 unspecified atom stereocenters. The molecule has 82 valence electrons. The Morgan fingerprint density at radius 2 is 1.60 bits per heavy atom. The topological polar surface area (TPSA) is 47.6 Å². The van der Waals surface area contributed by atoms with Gasteiger partial charge in [-0.25, -0.2) is 0 Å². The third-order valence-corrected chi connectivity index (χ3v) is 2.04. The number of nitriles is 2. The van der Waals surface area contributed by atoms with E-state index in [-0.39, 0.29) is 6.42 Å². The maximum Gasteiger partial charge on any atom is 0.389 e. The molecule has 0 rings (SSSR count). The maximum absolute atomic E-state index is 11.9. The normalized spacial score (nSPS) is 11.5. The number of halogens is 3. The van der Waals surface area contributed by atoms with E-state index < -0.39 is 24.4 Å². The van der Waals surface area contributed by atoms with Gasteiger partial charge in [-0.15, -0.1) is 6.58 Å². The van der Waals surface area contributed by atoms with E-state index in [4.69, 9.17) is 10.5 Å². The van der Waals surface area contributed by atoms with Gasteiger partial charge in [-0.1, -0.05) is 6.08 Å². The summed E-state index contributed by atoms with van der Waals surface area (Å²) in [5.74, 6) is 0. The van der Waals surface area contributed by atoms with E-state index >= 15 is 0 Å². The first-order valence-corrected chi connectivity index (χ1v) is 4.39. The van der Waals surface area contributed by atoms with Gasteiger partial charge in [0.2, 0.25) is 0 Å². The van der Waals surface area contributed by atoms with Crippen molar-refractivity contribution in [2.75, 3.05) is 0 Å². The Bertz CT molecular complexity index is 279. The molecule has 0 aromatic rings. The van der Waals surface area contributed by atoms with Crippen LogP contribution in [0.2, 0.25) is 0 Å². The standard InChI is InChI=1S/C10H11F3N2/c1-2-3-4-9(7-14,8-15)5-6-10(11,12)13/h2H,1,3-6H2. The Hall–Kier alpha value is -1.49. The van der Waals surface area contributed by atoms with Gasteiger partial charge in [0.25, 0.3) is 0 Å². The summed E-state index contributed by atoms with van der Waals surface area (Å²) in [5.41, 5.74) is -1.54. The predicted molar refractivity (Wildman–Crippen MR) is 48.4 cm³/mol. The van der Waals surface area contributed by atoms with E-state index in [0.29, 0.717) is 6.42 Å². The first-order chi connectivity index (χ1) is 6.89. The Kier molecular flexibility index (Phi) is 4.87. The van der Waals surface area contributed by atoms with Crippen molar-refractivity contribution in [2.45, 2.75) is 31.9 Å². The molecule has 0 radical (unpaired) electrons. The molecule has 15 heavy (non-hydrogen) atoms. The Labute approximate surface area is 86.6 Å². The van der Waals surface area contributed by atoms with Gasteiger partial charge in [0.1, 0.15) is 5.41 Å². The fourth-order valence-electron chi connectivity index (χ4n) is 1.08. The molecule has 0 aliphatic heterocycles. The minimum atomic E-state index is -4.33. The summed E-state index contributed by atoms with van der Waals surface area (Å²) in [6.45, 7) is 3.40. The Morgan fingerprint density at radius 1 is 1.07 bits per heavy atom. The molecule has 5 heteroatoms. The second-order valence-corrected chi connectivity index (χ2v) is 3.25. The monoisotopic (exact) mass is 216 g/mol. The highest BCUT2D eigenvalue weighted by atomic mass is 19.4. The van der Waals surface area contributed by atoms with Crippen LogP contribution < -0.4 is 0 Å². The quantitative estimate of drug-likeness (QED) is 0.662. The molecule has 0 atom stereocenters. The molecular formula is C10H11F3N2. The van der Waals surface area contributed by atoms with Gasteiger partial charge in [0, 0.05) is 6.42 Å². The molecule has 0 aliphatic rings. The van der Waals surface area contributed by atoms with Crippen LogP contribution in [0.5, 0.6) is 0 Å². The molecule has 0 N–H and O–H groups in total. The maximum atomic E-state index is 11.9. The average Bonchev–Trinajstić information content (AvgIpc) is 2.18. The fourth-order valence-corrected chi connectivity index (χ4v) is 1.08. The van der Waals surface area contributed by atoms with Gasteiger partial charge in [-0.3, -0.25) is 0 Å². The molecule has 0 aromatic carbocycles. The van der Waals surface area contributed by atoms with E-state index in [2.05, 4.69) is 6.58 Å². The molecular weight excluding hydrogens is 205 g/mol. The van der Waals surface area contributed by atoms with Gasteiger partial charge in [0.05, 0.1) is 12.1 Å². The smallest absolute Gasteiger partial charge is 0.197 e. The van der Waals surface area contributed by atoms with Crippen molar-refractivity contribution in [3.63, 3.8) is 0 Å². The third kappa shape index (κ3) is 5.07. The molecule has 0 saturated heterocycles. The van der Waals surface area contributed by atoms with E-state index in [0.717, 1.165) is 0 Å². The van der Waals surface area contributed by atoms with Crippen LogP contribution in [-0.2, 0) is 0 Å². The van der Waals surface area contributed by atoms with Crippen molar-refractivity contribution in [1.82, 2.24) is 0 Å². The highest BCUT2D eigenvalue weighted by Crippen LogP contribution is 2.33. The number of nitrogens with zero attached hydrogens (tertiary/aromatic N) is 2. The summed E-state index contributed by atoms with van der Waals surface area (Å²) in [6.07, 6.45) is -3.97. The van der Waals surface area contributed by atoms with E-state index in [1.807, 2.05) is 0 Å². The lowest BCUT2D eigenvalue weighted by Crippen LogP contribution is -2.20. The first kappa shape index (κ1) is 13.5. The zero-order chi connectivity index (χ0) is 11.9. The molecule has 0 saturated carbocycles. The zero-order valence-electron chi connectivity index (χ0n) is 8.14. The molecule has 0 bridgehead atoms. The largest absolute Gasteiger partial charge is 0.389 e. The summed E-state index contributed by atoms with van der Waals surface area (Å²) < 4.78 is 35.8. The van der Waals surface area contributed by atoms with Crippen LogP contribution >= 0.6 is 0 Å². The number of alkyl halides is 3. The Morgan fingerprint density at radius 3 is 1.93 bits per heavy atom. The van der Waals surface area contributed by atoms with Crippen LogP contribution in [0.1, 0.15) is 25.7 Å². The van der Waals surface area contributed by atoms with Crippen molar-refractivity contribution in [3.8, 4) is 12.1 Å². The minimum absolute atomic E-state index is 0.0968. The van der Waals surface area contributed by atoms with Crippen LogP contribution in [0, 0.1) is 28.1 Å². The predicted octanol–water partition coefficient (Wildman–Crippen LogP) is 3.33. The van der Waals surface area contributed by atoms with Crippen LogP contribution in [0.3, 0.4) is 0 Å². The van der Waals surface area contributed by atoms with Gasteiger partial charge in [-0.05, 0) is 19.3 Å². The lowest BCUT2D eigenvalue weighted by Gasteiger charge is -2.18. The second kappa shape index (κ2) is 5.41. The number of hydrogen-bond donors (Lipinski definition) is 0. The second-order valence-electron chi connectivity index (χ2n) is 3.25. The van der Waals surface area contributed by atoms with Crippen LogP contribution in [-0.4, -0.2) is 6.18 Å². The van der Waals surface area contributed by atoms with Crippen LogP contribution in [0.4, 0.5) is 13.2 Å². The highest BCUT2D eigenvalue weighted by molar-refractivity contribution is 5.13. The van der Waals surface area contributed by atoms with Gasteiger partial charge >= 0.3 is 6.18 Å². The third-order valence-electron chi connectivity index (χ3n) is 2.04. The lowest BCUT2D eigenvalue weighted by atomic mass is 9.82. The molecule has 0 fully saturated rings. The molecule has 0 heterocycles. The molecule has 0 amide bonds. The number of allylic oxidation sites excluding steroid dienone is 1. The van der Waals surface area contributed by atoms with E-state index in [1.54, 1.807) is 12.1 Å². The van der Waals surface area contributed by atoms with Gasteiger partial charge in [0.15, 0.2) is 0 Å². The zero-order valence-corrected chi connectivity index (χ0v) is 8.14. The molecule has 0 spiro atoms. The SMILES string of the molecule is C=CCCC(C#N)(C#N)CCC(F)(F)F. The average molecular weight is 216 g/mol. The summed E-state index contributed by atoms with van der Waals surface area (Å²) >= 11 is 0. The Balaban J connectivity index is 4.47. The molecule has 0 aromatic heterocycles. The molecule has 0 aliphatic carbocycles. The summed E-state index contributed by atoms with van der Waals surface area (Å²) in [7, 11) is 0. The first-order valence-electron chi connectivity index (χ1n) is 4.39. The number of rotatable bonds is 5. The summed E-state index contributed by atoms with van der Waals surface area (Å²) in [4.78, 5) is 0. The van der Waals surface area contributed by atoms with Crippen molar-refractivity contribution in [3.05, 3.63) is 12.7 Å². The van der Waals surface area contributed by atoms with Crippen molar-refractivity contribution < 1.29 is 13.2 Å². The number of hydrogen-bond acceptors (Lipinski definition) is 2. The van der Waals surface area contributed by atoms with Crippen LogP contribution in [0.25, 0.3) is 0 Å². The van der Waals surface area contributed by atoms with Gasteiger partial charge < -0.3 is 0 Å². The summed E-state index contributed by atoms with van der Waals surface area (Å²) in [6, 6.07) is 3.33. The minimum Gasteiger partial charge on any atom is -0.197 e. The van der Waals surface area contributed by atoms with Gasteiger partial charge in [-0.2, -0.15) is 23.7 Å². The van der Waals surface area contributed by atoms with E-state index in [1.165, 1.54) is 6.08 Å². The molecule has 2 nitrogen and oxygen atoms in total. The fraction of sp³-hybridized carbons (Fsp3) is 0.600. The van der Waals surface area contributed by atoms with Crippen molar-refractivity contribution >= 4 is 0 Å².